The molecule has 0 saturated carbocycles. The summed E-state index contributed by atoms with van der Waals surface area (Å²) in [5.41, 5.74) is 2.96. The van der Waals surface area contributed by atoms with E-state index in [-0.39, 0.29) is 0 Å². The number of aromatic nitrogens is 2. The van der Waals surface area contributed by atoms with E-state index < -0.39 is 0 Å². The Labute approximate surface area is 119 Å². The number of hydrogen-bond donors (Lipinski definition) is 1. The zero-order valence-electron chi connectivity index (χ0n) is 9.90. The van der Waals surface area contributed by atoms with E-state index >= 15 is 0 Å². The Balaban J connectivity index is 1.82. The van der Waals surface area contributed by atoms with Crippen LogP contribution >= 0.6 is 27.7 Å². The zero-order valence-corrected chi connectivity index (χ0v) is 12.3. The maximum atomic E-state index is 4.45. The van der Waals surface area contributed by atoms with Gasteiger partial charge in [0.15, 0.2) is 0 Å². The molecule has 0 bridgehead atoms. The van der Waals surface area contributed by atoms with E-state index in [0.717, 1.165) is 33.7 Å². The van der Waals surface area contributed by atoms with Crippen LogP contribution in [0.25, 0.3) is 11.0 Å². The van der Waals surface area contributed by atoms with Gasteiger partial charge in [-0.3, -0.25) is 9.97 Å². The van der Waals surface area contributed by atoms with E-state index in [9.17, 15) is 0 Å². The molecule has 2 aromatic rings. The van der Waals surface area contributed by atoms with Crippen LogP contribution in [0.15, 0.2) is 29.0 Å². The first-order chi connectivity index (χ1) is 8.83. The van der Waals surface area contributed by atoms with E-state index in [2.05, 4.69) is 31.2 Å². The van der Waals surface area contributed by atoms with Crippen LogP contribution in [0, 0.1) is 5.92 Å². The van der Waals surface area contributed by atoms with Gasteiger partial charge in [0.05, 0.1) is 11.2 Å². The summed E-state index contributed by atoms with van der Waals surface area (Å²) in [6, 6.07) is 4.00. The molecule has 3 rings (SSSR count). The Kier molecular flexibility index (Phi) is 3.70. The van der Waals surface area contributed by atoms with Crippen molar-refractivity contribution in [3.8, 4) is 0 Å². The van der Waals surface area contributed by atoms with E-state index in [1.807, 2.05) is 36.3 Å². The fourth-order valence-electron chi connectivity index (χ4n) is 2.15. The monoisotopic (exact) mass is 323 g/mol. The Morgan fingerprint density at radius 3 is 3.22 bits per heavy atom. The lowest BCUT2D eigenvalue weighted by atomic mass is 10.1. The standard InChI is InChI=1S/C13H14BrN3S/c14-10-5-12-13(17-7-10)11(1-3-15-12)16-6-9-2-4-18-8-9/h1,3,5,7,9H,2,4,6,8H2,(H,15,16). The summed E-state index contributed by atoms with van der Waals surface area (Å²) in [5.74, 6) is 3.36. The summed E-state index contributed by atoms with van der Waals surface area (Å²) >= 11 is 5.47. The van der Waals surface area contributed by atoms with Crippen molar-refractivity contribution in [2.75, 3.05) is 23.4 Å². The van der Waals surface area contributed by atoms with Gasteiger partial charge in [0, 0.05) is 23.4 Å². The van der Waals surface area contributed by atoms with Gasteiger partial charge < -0.3 is 5.32 Å². The molecule has 1 saturated heterocycles. The summed E-state index contributed by atoms with van der Waals surface area (Å²) in [4.78, 5) is 8.79. The highest BCUT2D eigenvalue weighted by atomic mass is 79.9. The fraction of sp³-hybridized carbons (Fsp3) is 0.385. The van der Waals surface area contributed by atoms with Gasteiger partial charge in [0.25, 0.3) is 0 Å². The number of thioether (sulfide) groups is 1. The lowest BCUT2D eigenvalue weighted by molar-refractivity contribution is 0.632. The third-order valence-corrected chi connectivity index (χ3v) is 4.81. The average molecular weight is 324 g/mol. The minimum absolute atomic E-state index is 0.786. The molecule has 1 fully saturated rings. The molecule has 5 heteroatoms. The molecule has 0 amide bonds. The number of nitrogens with one attached hydrogen (secondary N) is 1. The van der Waals surface area contributed by atoms with Crippen LogP contribution in [-0.2, 0) is 0 Å². The second-order valence-electron chi connectivity index (χ2n) is 4.49. The van der Waals surface area contributed by atoms with E-state index in [1.165, 1.54) is 17.9 Å². The molecule has 94 valence electrons. The Hall–Kier alpha value is -0.810. The van der Waals surface area contributed by atoms with Crippen LogP contribution in [0.5, 0.6) is 0 Å². The van der Waals surface area contributed by atoms with Crippen molar-refractivity contribution in [3.63, 3.8) is 0 Å². The molecule has 0 spiro atoms. The molecule has 1 unspecified atom stereocenters. The van der Waals surface area contributed by atoms with Crippen molar-refractivity contribution in [2.45, 2.75) is 6.42 Å². The highest BCUT2D eigenvalue weighted by Gasteiger charge is 2.15. The van der Waals surface area contributed by atoms with Crippen LogP contribution in [-0.4, -0.2) is 28.0 Å². The van der Waals surface area contributed by atoms with Crippen molar-refractivity contribution in [3.05, 3.63) is 29.0 Å². The van der Waals surface area contributed by atoms with E-state index in [4.69, 9.17) is 0 Å². The van der Waals surface area contributed by atoms with Gasteiger partial charge in [0.1, 0.15) is 5.52 Å². The lowest BCUT2D eigenvalue weighted by Gasteiger charge is -2.12. The fourth-order valence-corrected chi connectivity index (χ4v) is 3.75. The molecule has 1 aliphatic rings. The predicted octanol–water partition coefficient (Wildman–Crippen LogP) is 3.56. The molecule has 0 radical (unpaired) electrons. The second kappa shape index (κ2) is 5.45. The Morgan fingerprint density at radius 2 is 2.39 bits per heavy atom. The maximum absolute atomic E-state index is 4.45. The number of rotatable bonds is 3. The first kappa shape index (κ1) is 12.2. The van der Waals surface area contributed by atoms with Crippen LogP contribution < -0.4 is 5.32 Å². The smallest absolute Gasteiger partial charge is 0.112 e. The first-order valence-electron chi connectivity index (χ1n) is 6.05. The van der Waals surface area contributed by atoms with Crippen LogP contribution in [0.4, 0.5) is 5.69 Å². The summed E-state index contributed by atoms with van der Waals surface area (Å²) in [6.07, 6.45) is 4.97. The average Bonchev–Trinajstić information content (AvgIpc) is 2.89. The van der Waals surface area contributed by atoms with Crippen molar-refractivity contribution in [1.29, 1.82) is 0 Å². The van der Waals surface area contributed by atoms with Gasteiger partial charge in [0.2, 0.25) is 0 Å². The molecule has 0 aliphatic carbocycles. The van der Waals surface area contributed by atoms with Crippen molar-refractivity contribution in [1.82, 2.24) is 9.97 Å². The number of pyridine rings is 2. The molecular weight excluding hydrogens is 310 g/mol. The lowest BCUT2D eigenvalue weighted by Crippen LogP contribution is -2.13. The number of nitrogens with zero attached hydrogens (tertiary/aromatic N) is 2. The van der Waals surface area contributed by atoms with Crippen molar-refractivity contribution >= 4 is 44.4 Å². The van der Waals surface area contributed by atoms with Gasteiger partial charge >= 0.3 is 0 Å². The van der Waals surface area contributed by atoms with Crippen LogP contribution in [0.2, 0.25) is 0 Å². The summed E-state index contributed by atoms with van der Waals surface area (Å²) in [7, 11) is 0. The molecule has 1 N–H and O–H groups in total. The number of anilines is 1. The molecular formula is C13H14BrN3S. The molecule has 3 heterocycles. The number of halogens is 1. The largest absolute Gasteiger partial charge is 0.383 e. The minimum Gasteiger partial charge on any atom is -0.383 e. The van der Waals surface area contributed by atoms with Crippen molar-refractivity contribution < 1.29 is 0 Å². The summed E-state index contributed by atoms with van der Waals surface area (Å²) in [6.45, 7) is 1.03. The summed E-state index contributed by atoms with van der Waals surface area (Å²) in [5, 5.41) is 3.52. The van der Waals surface area contributed by atoms with Gasteiger partial charge in [-0.15, -0.1) is 0 Å². The quantitative estimate of drug-likeness (QED) is 0.937. The normalized spacial score (nSPS) is 19.3. The van der Waals surface area contributed by atoms with Gasteiger partial charge in [-0.2, -0.15) is 11.8 Å². The van der Waals surface area contributed by atoms with E-state index in [1.54, 1.807) is 0 Å². The molecule has 0 aromatic carbocycles. The maximum Gasteiger partial charge on any atom is 0.112 e. The highest BCUT2D eigenvalue weighted by Crippen LogP contribution is 2.26. The minimum atomic E-state index is 0.786. The number of hydrogen-bond acceptors (Lipinski definition) is 4. The Bertz CT molecular complexity index is 555. The van der Waals surface area contributed by atoms with Crippen molar-refractivity contribution in [2.24, 2.45) is 5.92 Å². The van der Waals surface area contributed by atoms with Crippen LogP contribution in [0.1, 0.15) is 6.42 Å². The highest BCUT2D eigenvalue weighted by molar-refractivity contribution is 9.10. The molecule has 1 aliphatic heterocycles. The topological polar surface area (TPSA) is 37.8 Å². The predicted molar refractivity (Wildman–Crippen MR) is 81.2 cm³/mol. The second-order valence-corrected chi connectivity index (χ2v) is 6.56. The summed E-state index contributed by atoms with van der Waals surface area (Å²) < 4.78 is 0.965. The Morgan fingerprint density at radius 1 is 1.44 bits per heavy atom. The zero-order chi connectivity index (χ0) is 12.4. The number of fused-ring (bicyclic) bond motifs is 1. The third kappa shape index (κ3) is 2.62. The van der Waals surface area contributed by atoms with E-state index in [0.29, 0.717) is 0 Å². The SMILES string of the molecule is Brc1cnc2c(NCC3CCSC3)ccnc2c1. The van der Waals surface area contributed by atoms with Gasteiger partial charge in [-0.05, 0) is 51.9 Å². The molecule has 18 heavy (non-hydrogen) atoms. The molecule has 3 nitrogen and oxygen atoms in total. The van der Waals surface area contributed by atoms with Crippen LogP contribution in [0.3, 0.4) is 0 Å². The van der Waals surface area contributed by atoms with Gasteiger partial charge in [-0.25, -0.2) is 0 Å². The first-order valence-corrected chi connectivity index (χ1v) is 7.99. The van der Waals surface area contributed by atoms with Gasteiger partial charge in [-0.1, -0.05) is 0 Å². The molecule has 2 aromatic heterocycles. The molecule has 1 atom stereocenters. The third-order valence-electron chi connectivity index (χ3n) is 3.15.